The Kier molecular flexibility index (Phi) is 7.28. The van der Waals surface area contributed by atoms with Gasteiger partial charge in [-0.1, -0.05) is 27.7 Å². The van der Waals surface area contributed by atoms with Crippen molar-refractivity contribution in [3.05, 3.63) is 33.8 Å². The highest BCUT2D eigenvalue weighted by Crippen LogP contribution is 2.28. The normalized spacial score (nSPS) is 12.2. The second-order valence-corrected chi connectivity index (χ2v) is 7.72. The van der Waals surface area contributed by atoms with Gasteiger partial charge < -0.3 is 5.32 Å². The molecule has 0 spiro atoms. The zero-order valence-electron chi connectivity index (χ0n) is 13.4. The van der Waals surface area contributed by atoms with Crippen LogP contribution in [0.3, 0.4) is 0 Å². The molecule has 0 aromatic heterocycles. The molecular formula is C17H26BrF2N. The second kappa shape index (κ2) is 8.23. The zero-order valence-corrected chi connectivity index (χ0v) is 15.0. The van der Waals surface area contributed by atoms with Gasteiger partial charge in [0.05, 0.1) is 4.47 Å². The summed E-state index contributed by atoms with van der Waals surface area (Å²) < 4.78 is 27.5. The third-order valence-corrected chi connectivity index (χ3v) is 4.30. The highest BCUT2D eigenvalue weighted by molar-refractivity contribution is 9.10. The Morgan fingerprint density at radius 3 is 2.43 bits per heavy atom. The summed E-state index contributed by atoms with van der Waals surface area (Å²) in [7, 11) is 0. The van der Waals surface area contributed by atoms with Crippen molar-refractivity contribution < 1.29 is 8.78 Å². The van der Waals surface area contributed by atoms with Gasteiger partial charge in [0, 0.05) is 0 Å². The highest BCUT2D eigenvalue weighted by Gasteiger charge is 2.19. The lowest BCUT2D eigenvalue weighted by molar-refractivity contribution is 0.298. The van der Waals surface area contributed by atoms with Crippen LogP contribution >= 0.6 is 15.9 Å². The van der Waals surface area contributed by atoms with Gasteiger partial charge in [0.25, 0.3) is 0 Å². The molecule has 1 N–H and O–H groups in total. The topological polar surface area (TPSA) is 12.0 Å². The minimum atomic E-state index is -0.400. The Hall–Kier alpha value is -0.480. The average molecular weight is 362 g/mol. The molecule has 4 heteroatoms. The molecule has 1 aromatic carbocycles. The van der Waals surface area contributed by atoms with E-state index in [9.17, 15) is 8.78 Å². The van der Waals surface area contributed by atoms with Crippen LogP contribution in [0, 0.1) is 23.0 Å². The van der Waals surface area contributed by atoms with Gasteiger partial charge in [0.1, 0.15) is 11.6 Å². The predicted octanol–water partition coefficient (Wildman–Crippen LogP) is 5.32. The smallest absolute Gasteiger partial charge is 0.137 e. The SMILES string of the molecule is CC(C)CNCCC(C)(C)CCc1cc(F)c(Br)cc1F. The summed E-state index contributed by atoms with van der Waals surface area (Å²) in [6, 6.07) is 2.51. The first-order valence-electron chi connectivity index (χ1n) is 7.55. The molecular weight excluding hydrogens is 336 g/mol. The van der Waals surface area contributed by atoms with Crippen LogP contribution in [-0.4, -0.2) is 13.1 Å². The molecule has 1 nitrogen and oxygen atoms in total. The molecule has 0 fully saturated rings. The van der Waals surface area contributed by atoms with Gasteiger partial charge in [-0.05, 0) is 77.3 Å². The molecule has 0 heterocycles. The summed E-state index contributed by atoms with van der Waals surface area (Å²) in [5.41, 5.74) is 0.568. The lowest BCUT2D eigenvalue weighted by Crippen LogP contribution is -2.25. The fraction of sp³-hybridized carbons (Fsp3) is 0.647. The number of hydrogen-bond acceptors (Lipinski definition) is 1. The van der Waals surface area contributed by atoms with Crippen molar-refractivity contribution in [2.75, 3.05) is 13.1 Å². The van der Waals surface area contributed by atoms with E-state index in [4.69, 9.17) is 0 Å². The zero-order chi connectivity index (χ0) is 16.0. The standard InChI is InChI=1S/C17H26BrF2N/c1-12(2)11-21-8-7-17(3,4)6-5-13-9-16(20)14(18)10-15(13)19/h9-10,12,21H,5-8,11H2,1-4H3. The maximum atomic E-state index is 13.8. The number of rotatable bonds is 8. The summed E-state index contributed by atoms with van der Waals surface area (Å²) in [6.07, 6.45) is 2.43. The van der Waals surface area contributed by atoms with Crippen molar-refractivity contribution in [3.63, 3.8) is 0 Å². The predicted molar refractivity (Wildman–Crippen MR) is 88.5 cm³/mol. The number of halogens is 3. The first-order chi connectivity index (χ1) is 9.71. The van der Waals surface area contributed by atoms with Crippen molar-refractivity contribution in [1.29, 1.82) is 0 Å². The van der Waals surface area contributed by atoms with Crippen LogP contribution in [0.15, 0.2) is 16.6 Å². The molecule has 1 rings (SSSR count). The maximum absolute atomic E-state index is 13.8. The third kappa shape index (κ3) is 6.88. The second-order valence-electron chi connectivity index (χ2n) is 6.87. The third-order valence-electron chi connectivity index (χ3n) is 3.69. The van der Waals surface area contributed by atoms with E-state index in [0.717, 1.165) is 25.9 Å². The van der Waals surface area contributed by atoms with Gasteiger partial charge in [-0.3, -0.25) is 0 Å². The van der Waals surface area contributed by atoms with Crippen molar-refractivity contribution in [2.45, 2.75) is 47.0 Å². The Labute approximate surface area is 135 Å². The van der Waals surface area contributed by atoms with Crippen LogP contribution in [0.25, 0.3) is 0 Å². The van der Waals surface area contributed by atoms with Crippen LogP contribution in [0.2, 0.25) is 0 Å². The summed E-state index contributed by atoms with van der Waals surface area (Å²) in [4.78, 5) is 0. The van der Waals surface area contributed by atoms with Gasteiger partial charge in [0.2, 0.25) is 0 Å². The summed E-state index contributed by atoms with van der Waals surface area (Å²) in [6.45, 7) is 10.7. The van der Waals surface area contributed by atoms with E-state index >= 15 is 0 Å². The quantitative estimate of drug-likeness (QED) is 0.487. The van der Waals surface area contributed by atoms with Crippen LogP contribution in [0.1, 0.15) is 46.1 Å². The van der Waals surface area contributed by atoms with E-state index in [1.807, 2.05) is 0 Å². The number of benzene rings is 1. The Morgan fingerprint density at radius 2 is 1.81 bits per heavy atom. The van der Waals surface area contributed by atoms with Gasteiger partial charge in [-0.15, -0.1) is 0 Å². The Morgan fingerprint density at radius 1 is 1.14 bits per heavy atom. The van der Waals surface area contributed by atoms with Crippen molar-refractivity contribution >= 4 is 15.9 Å². The molecule has 0 aliphatic carbocycles. The van der Waals surface area contributed by atoms with Crippen molar-refractivity contribution in [2.24, 2.45) is 11.3 Å². The molecule has 0 aliphatic rings. The van der Waals surface area contributed by atoms with Gasteiger partial charge >= 0.3 is 0 Å². The first kappa shape index (κ1) is 18.6. The van der Waals surface area contributed by atoms with Crippen LogP contribution in [0.4, 0.5) is 8.78 Å². The average Bonchev–Trinajstić information content (AvgIpc) is 2.37. The lowest BCUT2D eigenvalue weighted by Gasteiger charge is -2.25. The van der Waals surface area contributed by atoms with Gasteiger partial charge in [-0.2, -0.15) is 0 Å². The minimum Gasteiger partial charge on any atom is -0.316 e. The van der Waals surface area contributed by atoms with Crippen molar-refractivity contribution in [3.8, 4) is 0 Å². The monoisotopic (exact) mass is 361 g/mol. The molecule has 120 valence electrons. The lowest BCUT2D eigenvalue weighted by atomic mass is 9.83. The largest absolute Gasteiger partial charge is 0.316 e. The van der Waals surface area contributed by atoms with Crippen molar-refractivity contribution in [1.82, 2.24) is 5.32 Å². The number of hydrogen-bond donors (Lipinski definition) is 1. The first-order valence-corrected chi connectivity index (χ1v) is 8.35. The van der Waals surface area contributed by atoms with Crippen LogP contribution in [0.5, 0.6) is 0 Å². The van der Waals surface area contributed by atoms with E-state index in [2.05, 4.69) is 48.9 Å². The van der Waals surface area contributed by atoms with E-state index in [-0.39, 0.29) is 15.7 Å². The number of aryl methyl sites for hydroxylation is 1. The van der Waals surface area contributed by atoms with Gasteiger partial charge in [-0.25, -0.2) is 8.78 Å². The molecule has 0 saturated carbocycles. The fourth-order valence-corrected chi connectivity index (χ4v) is 2.49. The molecule has 21 heavy (non-hydrogen) atoms. The molecule has 0 atom stereocenters. The summed E-state index contributed by atoms with van der Waals surface area (Å²) >= 11 is 3.00. The molecule has 0 amide bonds. The van der Waals surface area contributed by atoms with E-state index in [1.165, 1.54) is 12.1 Å². The molecule has 0 saturated heterocycles. The van der Waals surface area contributed by atoms with E-state index in [1.54, 1.807) is 0 Å². The molecule has 1 aromatic rings. The Bertz CT molecular complexity index is 458. The van der Waals surface area contributed by atoms with E-state index < -0.39 is 5.82 Å². The molecule has 0 bridgehead atoms. The fourth-order valence-electron chi connectivity index (χ4n) is 2.17. The van der Waals surface area contributed by atoms with Gasteiger partial charge in [0.15, 0.2) is 0 Å². The Balaban J connectivity index is 2.47. The maximum Gasteiger partial charge on any atom is 0.137 e. The summed E-state index contributed by atoms with van der Waals surface area (Å²) in [5, 5.41) is 3.43. The van der Waals surface area contributed by atoms with E-state index in [0.29, 0.717) is 17.9 Å². The molecule has 0 radical (unpaired) electrons. The molecule has 0 unspecified atom stereocenters. The van der Waals surface area contributed by atoms with Crippen LogP contribution in [-0.2, 0) is 6.42 Å². The highest BCUT2D eigenvalue weighted by atomic mass is 79.9. The minimum absolute atomic E-state index is 0.111. The molecule has 0 aliphatic heterocycles. The van der Waals surface area contributed by atoms with Crippen LogP contribution < -0.4 is 5.32 Å². The number of nitrogens with one attached hydrogen (secondary N) is 1. The summed E-state index contributed by atoms with van der Waals surface area (Å²) in [5.74, 6) is -0.0900.